The maximum Gasteiger partial charge on any atom is 0.303 e. The van der Waals surface area contributed by atoms with Crippen LogP contribution in [-0.2, 0) is 26.7 Å². The van der Waals surface area contributed by atoms with Crippen LogP contribution in [0.25, 0.3) is 0 Å². The van der Waals surface area contributed by atoms with Crippen molar-refractivity contribution in [3.05, 3.63) is 35.0 Å². The van der Waals surface area contributed by atoms with Gasteiger partial charge in [-0.25, -0.2) is 8.42 Å². The Bertz CT molecular complexity index is 874. The van der Waals surface area contributed by atoms with Crippen molar-refractivity contribution >= 4 is 21.8 Å². The van der Waals surface area contributed by atoms with E-state index in [9.17, 15) is 17.8 Å². The number of benzene rings is 1. The number of carboxylic acid groups (broad SMARTS) is 1. The van der Waals surface area contributed by atoms with E-state index < -0.39 is 21.5 Å². The van der Waals surface area contributed by atoms with Gasteiger partial charge in [0, 0.05) is 29.4 Å². The fourth-order valence-electron chi connectivity index (χ4n) is 4.37. The summed E-state index contributed by atoms with van der Waals surface area (Å²) in [6.45, 7) is 4.88. The van der Waals surface area contributed by atoms with Crippen molar-refractivity contribution in [3.63, 3.8) is 0 Å². The molecule has 2 aliphatic rings. The quantitative estimate of drug-likeness (QED) is 0.557. The summed E-state index contributed by atoms with van der Waals surface area (Å²) < 4.78 is 35.8. The van der Waals surface area contributed by atoms with Gasteiger partial charge < -0.3 is 9.66 Å². The summed E-state index contributed by atoms with van der Waals surface area (Å²) >= 11 is 0. The van der Waals surface area contributed by atoms with Gasteiger partial charge >= 0.3 is 5.97 Å². The minimum atomic E-state index is -4.57. The van der Waals surface area contributed by atoms with Crippen molar-refractivity contribution in [2.45, 2.75) is 62.7 Å². The van der Waals surface area contributed by atoms with Crippen LogP contribution in [0, 0.1) is 0 Å². The summed E-state index contributed by atoms with van der Waals surface area (Å²) in [6, 6.07) is 3.25. The van der Waals surface area contributed by atoms with Crippen LogP contribution in [0.5, 0.6) is 0 Å². The minimum absolute atomic E-state index is 0.101. The van der Waals surface area contributed by atoms with E-state index >= 15 is 0 Å². The van der Waals surface area contributed by atoms with Crippen LogP contribution < -0.4 is 4.90 Å². The second-order valence-electron chi connectivity index (χ2n) is 7.57. The average Bonchev–Trinajstić information content (AvgIpc) is 2.94. The first-order valence-electron chi connectivity index (χ1n) is 9.03. The van der Waals surface area contributed by atoms with Crippen molar-refractivity contribution in [1.82, 2.24) is 0 Å². The van der Waals surface area contributed by atoms with Gasteiger partial charge in [-0.1, -0.05) is 25.8 Å². The van der Waals surface area contributed by atoms with Crippen LogP contribution in [0.2, 0.25) is 0 Å². The van der Waals surface area contributed by atoms with Gasteiger partial charge in [0.05, 0.1) is 17.6 Å². The molecule has 0 bridgehead atoms. The molecule has 0 saturated carbocycles. The predicted molar refractivity (Wildman–Crippen MR) is 95.4 cm³/mol. The number of quaternary nitrogens is 1. The molecule has 0 saturated heterocycles. The molecule has 0 spiro atoms. The molecule has 2 unspecified atom stereocenters. The third-order valence-corrected chi connectivity index (χ3v) is 6.77. The molecule has 26 heavy (non-hydrogen) atoms. The van der Waals surface area contributed by atoms with E-state index in [1.807, 2.05) is 13.8 Å². The SMILES string of the molecule is CC1=C[NH+]2CCc3ccc(S(=O)(=O)[O-])c(c32)C1(C)CCCCCC(=O)O. The number of carboxylic acids is 1. The highest BCUT2D eigenvalue weighted by Gasteiger charge is 2.44. The number of hydrogen-bond donors (Lipinski definition) is 2. The summed E-state index contributed by atoms with van der Waals surface area (Å²) in [4.78, 5) is 11.7. The number of unbranched alkanes of at least 4 members (excludes halogenated alkanes) is 2. The first-order valence-corrected chi connectivity index (χ1v) is 10.4. The van der Waals surface area contributed by atoms with E-state index in [1.165, 1.54) is 6.07 Å². The van der Waals surface area contributed by atoms with Gasteiger partial charge in [0.2, 0.25) is 0 Å². The van der Waals surface area contributed by atoms with Gasteiger partial charge in [-0.2, -0.15) is 0 Å². The molecule has 0 aromatic heterocycles. The standard InChI is InChI=1S/C19H25NO5S/c1-13-12-20-11-9-14-7-8-15(26(23,24)25)17(18(14)20)19(13,2)10-5-3-4-6-16(21)22/h7-8,12H,3-6,9-11H2,1-2H3,(H,21,22)(H,23,24,25). The van der Waals surface area contributed by atoms with E-state index in [4.69, 9.17) is 5.11 Å². The molecule has 6 nitrogen and oxygen atoms in total. The fourth-order valence-corrected chi connectivity index (χ4v) is 5.18. The molecule has 2 N–H and O–H groups in total. The summed E-state index contributed by atoms with van der Waals surface area (Å²) in [7, 11) is -4.57. The van der Waals surface area contributed by atoms with E-state index in [0.29, 0.717) is 18.4 Å². The Morgan fingerprint density at radius 3 is 2.69 bits per heavy atom. The Balaban J connectivity index is 1.98. The van der Waals surface area contributed by atoms with Crippen molar-refractivity contribution in [2.24, 2.45) is 0 Å². The lowest BCUT2D eigenvalue weighted by Gasteiger charge is -2.38. The van der Waals surface area contributed by atoms with Gasteiger partial charge in [-0.15, -0.1) is 0 Å². The highest BCUT2D eigenvalue weighted by Crippen LogP contribution is 2.46. The highest BCUT2D eigenvalue weighted by molar-refractivity contribution is 7.85. The van der Waals surface area contributed by atoms with Gasteiger partial charge in [-0.3, -0.25) is 9.69 Å². The molecule has 0 aliphatic carbocycles. The molecule has 2 aliphatic heterocycles. The van der Waals surface area contributed by atoms with Crippen molar-refractivity contribution < 1.29 is 27.8 Å². The van der Waals surface area contributed by atoms with Crippen molar-refractivity contribution in [3.8, 4) is 0 Å². The zero-order chi connectivity index (χ0) is 19.1. The number of rotatable bonds is 7. The molecule has 7 heteroatoms. The molecule has 2 heterocycles. The second kappa shape index (κ2) is 6.79. The smallest absolute Gasteiger partial charge is 0.303 e. The van der Waals surface area contributed by atoms with Crippen LogP contribution in [-0.4, -0.2) is 30.6 Å². The number of allylic oxidation sites excluding steroid dienone is 1. The first kappa shape index (κ1) is 19.1. The third-order valence-electron chi connectivity index (χ3n) is 5.89. The Kier molecular flexibility index (Phi) is 4.98. The average molecular weight is 379 g/mol. The van der Waals surface area contributed by atoms with Crippen LogP contribution in [0.15, 0.2) is 28.8 Å². The number of hydrogen-bond acceptors (Lipinski definition) is 4. The Hall–Kier alpha value is -1.70. The number of aliphatic carboxylic acids is 1. The predicted octanol–water partition coefficient (Wildman–Crippen LogP) is 1.87. The molecule has 0 radical (unpaired) electrons. The van der Waals surface area contributed by atoms with Crippen LogP contribution >= 0.6 is 0 Å². The first-order chi connectivity index (χ1) is 12.1. The Morgan fingerprint density at radius 1 is 1.31 bits per heavy atom. The molecule has 1 aromatic carbocycles. The maximum atomic E-state index is 11.9. The van der Waals surface area contributed by atoms with E-state index in [1.54, 1.807) is 6.07 Å². The number of nitrogens with one attached hydrogen (secondary N) is 1. The lowest BCUT2D eigenvalue weighted by atomic mass is 9.70. The molecule has 3 rings (SSSR count). The molecule has 142 valence electrons. The molecule has 2 atom stereocenters. The summed E-state index contributed by atoms with van der Waals surface area (Å²) in [6.07, 6.45) is 6.01. The molecule has 1 aromatic rings. The third kappa shape index (κ3) is 3.31. The van der Waals surface area contributed by atoms with Crippen LogP contribution in [0.4, 0.5) is 5.69 Å². The molecular formula is C19H25NO5S. The van der Waals surface area contributed by atoms with Gasteiger partial charge in [0.1, 0.15) is 15.8 Å². The normalized spacial score (nSPS) is 24.3. The highest BCUT2D eigenvalue weighted by atomic mass is 32.2. The van der Waals surface area contributed by atoms with E-state index in [-0.39, 0.29) is 11.3 Å². The van der Waals surface area contributed by atoms with E-state index in [2.05, 4.69) is 6.20 Å². The van der Waals surface area contributed by atoms with Gasteiger partial charge in [0.15, 0.2) is 0 Å². The number of carbonyl (C=O) groups is 1. The monoisotopic (exact) mass is 379 g/mol. The maximum absolute atomic E-state index is 11.9. The van der Waals surface area contributed by atoms with Crippen LogP contribution in [0.1, 0.15) is 57.1 Å². The lowest BCUT2D eigenvalue weighted by Crippen LogP contribution is -3.02. The second-order valence-corrected chi connectivity index (χ2v) is 8.91. The van der Waals surface area contributed by atoms with E-state index in [0.717, 1.165) is 47.5 Å². The van der Waals surface area contributed by atoms with Gasteiger partial charge in [-0.05, 0) is 31.4 Å². The molecule has 0 fully saturated rings. The zero-order valence-corrected chi connectivity index (χ0v) is 16.0. The van der Waals surface area contributed by atoms with Crippen molar-refractivity contribution in [1.29, 1.82) is 0 Å². The zero-order valence-electron chi connectivity index (χ0n) is 15.2. The molecule has 0 amide bonds. The summed E-state index contributed by atoms with van der Waals surface area (Å²) in [5.41, 5.74) is 3.29. The van der Waals surface area contributed by atoms with Gasteiger partial charge in [0.25, 0.3) is 0 Å². The van der Waals surface area contributed by atoms with Crippen LogP contribution in [0.3, 0.4) is 0 Å². The fraction of sp³-hybridized carbons (Fsp3) is 0.526. The molecular weight excluding hydrogens is 354 g/mol. The van der Waals surface area contributed by atoms with Crippen molar-refractivity contribution in [2.75, 3.05) is 6.54 Å². The topological polar surface area (TPSA) is 98.9 Å². The summed E-state index contributed by atoms with van der Waals surface area (Å²) in [5, 5.41) is 8.76. The Morgan fingerprint density at radius 2 is 2.04 bits per heavy atom. The minimum Gasteiger partial charge on any atom is -0.744 e. The summed E-state index contributed by atoms with van der Waals surface area (Å²) in [5.74, 6) is -0.801. The largest absolute Gasteiger partial charge is 0.744 e. The Labute approximate surface area is 154 Å². The lowest BCUT2D eigenvalue weighted by molar-refractivity contribution is -0.770.